The summed E-state index contributed by atoms with van der Waals surface area (Å²) in [5.41, 5.74) is 1.22. The highest BCUT2D eigenvalue weighted by atomic mass is 32.1. The van der Waals surface area contributed by atoms with Crippen LogP contribution in [-0.4, -0.2) is 64.9 Å². The Hall–Kier alpha value is -2.77. The number of amides is 1. The Kier molecular flexibility index (Phi) is 7.27. The molecule has 6 nitrogen and oxygen atoms in total. The van der Waals surface area contributed by atoms with Gasteiger partial charge in [0, 0.05) is 50.6 Å². The van der Waals surface area contributed by atoms with Gasteiger partial charge in [-0.25, -0.2) is 9.97 Å². The Morgan fingerprint density at radius 1 is 1.16 bits per heavy atom. The molecule has 0 saturated carbocycles. The number of piperazine rings is 1. The van der Waals surface area contributed by atoms with Crippen molar-refractivity contribution in [2.24, 2.45) is 0 Å². The molecule has 1 amide bonds. The predicted octanol–water partition coefficient (Wildman–Crippen LogP) is 3.91. The highest BCUT2D eigenvalue weighted by Gasteiger charge is 2.20. The van der Waals surface area contributed by atoms with Crippen LogP contribution in [0.4, 0.5) is 5.82 Å². The maximum absolute atomic E-state index is 12.6. The number of carbonyl (C=O) groups is 1. The summed E-state index contributed by atoms with van der Waals surface area (Å²) in [5.74, 6) is 1.03. The van der Waals surface area contributed by atoms with Crippen molar-refractivity contribution in [3.8, 4) is 0 Å². The quantitative estimate of drug-likeness (QED) is 0.581. The zero-order valence-corrected chi connectivity index (χ0v) is 18.8. The Morgan fingerprint density at radius 3 is 2.74 bits per heavy atom. The van der Waals surface area contributed by atoms with Crippen LogP contribution in [-0.2, 0) is 11.2 Å². The third-order valence-electron chi connectivity index (χ3n) is 5.56. The van der Waals surface area contributed by atoms with Crippen LogP contribution in [0.5, 0.6) is 0 Å². The minimum Gasteiger partial charge on any atom is -0.369 e. The molecule has 0 bridgehead atoms. The van der Waals surface area contributed by atoms with E-state index in [0.29, 0.717) is 13.0 Å². The van der Waals surface area contributed by atoms with Crippen LogP contribution in [0.3, 0.4) is 0 Å². The van der Waals surface area contributed by atoms with Crippen molar-refractivity contribution < 1.29 is 4.79 Å². The topological polar surface area (TPSA) is 61.4 Å². The van der Waals surface area contributed by atoms with Crippen molar-refractivity contribution >= 4 is 39.4 Å². The number of hydrogen-bond donors (Lipinski definition) is 1. The number of aryl methyl sites for hydroxylation is 1. The fourth-order valence-electron chi connectivity index (χ4n) is 3.75. The minimum absolute atomic E-state index is 0.205. The van der Waals surface area contributed by atoms with Gasteiger partial charge in [-0.15, -0.1) is 11.3 Å². The monoisotopic (exact) mass is 435 g/mol. The third-order valence-corrected chi connectivity index (χ3v) is 6.75. The smallest absolute Gasteiger partial charge is 0.224 e. The summed E-state index contributed by atoms with van der Waals surface area (Å²) in [5, 5.41) is 4.39. The van der Waals surface area contributed by atoms with Gasteiger partial charge in [-0.2, -0.15) is 0 Å². The van der Waals surface area contributed by atoms with E-state index in [0.717, 1.165) is 55.2 Å². The molecule has 0 atom stereocenters. The van der Waals surface area contributed by atoms with Gasteiger partial charge in [0.05, 0.1) is 5.39 Å². The van der Waals surface area contributed by atoms with Gasteiger partial charge in [0.25, 0.3) is 0 Å². The van der Waals surface area contributed by atoms with E-state index in [2.05, 4.69) is 69.6 Å². The van der Waals surface area contributed by atoms with Gasteiger partial charge >= 0.3 is 0 Å². The van der Waals surface area contributed by atoms with Gasteiger partial charge in [-0.1, -0.05) is 49.4 Å². The van der Waals surface area contributed by atoms with Gasteiger partial charge in [0.2, 0.25) is 5.91 Å². The molecule has 1 aromatic carbocycles. The van der Waals surface area contributed by atoms with E-state index in [9.17, 15) is 4.79 Å². The molecule has 1 saturated heterocycles. The maximum atomic E-state index is 12.6. The molecule has 2 aromatic heterocycles. The van der Waals surface area contributed by atoms with E-state index in [1.54, 1.807) is 17.7 Å². The third kappa shape index (κ3) is 5.68. The fraction of sp³-hybridized carbons (Fsp3) is 0.375. The molecule has 1 aliphatic rings. The number of benzene rings is 1. The van der Waals surface area contributed by atoms with Crippen LogP contribution in [0.15, 0.2) is 48.8 Å². The number of nitrogens with one attached hydrogen (secondary N) is 1. The summed E-state index contributed by atoms with van der Waals surface area (Å²) >= 11 is 1.70. The summed E-state index contributed by atoms with van der Waals surface area (Å²) in [6.07, 6.45) is 7.42. The molecule has 7 heteroatoms. The number of anilines is 1. The first-order valence-electron chi connectivity index (χ1n) is 10.9. The van der Waals surface area contributed by atoms with Crippen molar-refractivity contribution in [2.45, 2.75) is 19.8 Å². The van der Waals surface area contributed by atoms with E-state index < -0.39 is 0 Å². The van der Waals surface area contributed by atoms with Crippen molar-refractivity contribution in [1.82, 2.24) is 19.8 Å². The van der Waals surface area contributed by atoms with E-state index in [-0.39, 0.29) is 5.91 Å². The molecule has 0 radical (unpaired) electrons. The van der Waals surface area contributed by atoms with Gasteiger partial charge < -0.3 is 10.2 Å². The SMILES string of the molecule is CCc1cc2c(NCCC(=O)N3CCN(C/C=C/c4ccccc4)CC3)ncnc2s1. The summed E-state index contributed by atoms with van der Waals surface area (Å²) in [6.45, 7) is 7.06. The average Bonchev–Trinajstić information content (AvgIpc) is 3.24. The fourth-order valence-corrected chi connectivity index (χ4v) is 4.68. The van der Waals surface area contributed by atoms with E-state index in [4.69, 9.17) is 0 Å². The van der Waals surface area contributed by atoms with Crippen molar-refractivity contribution in [1.29, 1.82) is 0 Å². The molecule has 3 heterocycles. The summed E-state index contributed by atoms with van der Waals surface area (Å²) in [6, 6.07) is 12.5. The Labute approximate surface area is 187 Å². The number of nitrogens with zero attached hydrogens (tertiary/aromatic N) is 4. The molecule has 162 valence electrons. The van der Waals surface area contributed by atoms with Gasteiger partial charge in [-0.05, 0) is 18.1 Å². The molecule has 31 heavy (non-hydrogen) atoms. The Bertz CT molecular complexity index is 1020. The molecule has 0 unspecified atom stereocenters. The molecule has 1 N–H and O–H groups in total. The molecule has 4 rings (SSSR count). The number of fused-ring (bicyclic) bond motifs is 1. The Morgan fingerprint density at radius 2 is 1.97 bits per heavy atom. The average molecular weight is 436 g/mol. The van der Waals surface area contributed by atoms with Crippen LogP contribution in [0.1, 0.15) is 23.8 Å². The van der Waals surface area contributed by atoms with Gasteiger partial charge in [0.15, 0.2) is 0 Å². The number of hydrogen-bond acceptors (Lipinski definition) is 6. The maximum Gasteiger partial charge on any atom is 0.224 e. The second-order valence-corrected chi connectivity index (χ2v) is 8.79. The largest absolute Gasteiger partial charge is 0.369 e. The number of aromatic nitrogens is 2. The first-order valence-corrected chi connectivity index (χ1v) is 11.7. The highest BCUT2D eigenvalue weighted by Crippen LogP contribution is 2.28. The molecule has 0 aliphatic carbocycles. The van der Waals surface area contributed by atoms with Crippen molar-refractivity contribution in [3.05, 3.63) is 59.2 Å². The van der Waals surface area contributed by atoms with Crippen LogP contribution >= 0.6 is 11.3 Å². The summed E-state index contributed by atoms with van der Waals surface area (Å²) in [4.78, 5) is 28.0. The zero-order valence-electron chi connectivity index (χ0n) is 18.0. The lowest BCUT2D eigenvalue weighted by Gasteiger charge is -2.34. The summed E-state index contributed by atoms with van der Waals surface area (Å²) in [7, 11) is 0. The molecular weight excluding hydrogens is 406 g/mol. The lowest BCUT2D eigenvalue weighted by Crippen LogP contribution is -2.48. The predicted molar refractivity (Wildman–Crippen MR) is 128 cm³/mol. The minimum atomic E-state index is 0.205. The van der Waals surface area contributed by atoms with Crippen LogP contribution in [0, 0.1) is 0 Å². The lowest BCUT2D eigenvalue weighted by molar-refractivity contribution is -0.132. The van der Waals surface area contributed by atoms with Gasteiger partial charge in [0.1, 0.15) is 17.0 Å². The first-order chi connectivity index (χ1) is 15.2. The molecule has 3 aromatic rings. The number of rotatable bonds is 8. The zero-order chi connectivity index (χ0) is 21.5. The molecule has 1 fully saturated rings. The molecule has 0 spiro atoms. The van der Waals surface area contributed by atoms with Crippen LogP contribution in [0.25, 0.3) is 16.3 Å². The van der Waals surface area contributed by atoms with Crippen LogP contribution < -0.4 is 5.32 Å². The normalized spacial score (nSPS) is 15.1. The van der Waals surface area contributed by atoms with E-state index in [1.165, 1.54) is 10.4 Å². The Balaban J connectivity index is 1.20. The van der Waals surface area contributed by atoms with Crippen LogP contribution in [0.2, 0.25) is 0 Å². The highest BCUT2D eigenvalue weighted by molar-refractivity contribution is 7.18. The van der Waals surface area contributed by atoms with E-state index >= 15 is 0 Å². The second-order valence-electron chi connectivity index (χ2n) is 7.68. The van der Waals surface area contributed by atoms with Gasteiger partial charge in [-0.3, -0.25) is 9.69 Å². The first kappa shape index (κ1) is 21.5. The molecular formula is C24H29N5OS. The van der Waals surface area contributed by atoms with E-state index in [1.807, 2.05) is 11.0 Å². The second kappa shape index (κ2) is 10.5. The summed E-state index contributed by atoms with van der Waals surface area (Å²) < 4.78 is 0. The molecule has 1 aliphatic heterocycles. The number of thiophene rings is 1. The standard InChI is InChI=1S/C24H29N5OS/c1-2-20-17-21-23(26-18-27-24(21)31-20)25-11-10-22(30)29-15-13-28(14-16-29)12-6-9-19-7-4-3-5-8-19/h3-9,17-18H,2,10-16H2,1H3,(H,25,26,27)/b9-6+. The van der Waals surface area contributed by atoms with Crippen molar-refractivity contribution in [2.75, 3.05) is 44.6 Å². The lowest BCUT2D eigenvalue weighted by atomic mass is 10.2. The number of carbonyl (C=O) groups excluding carboxylic acids is 1. The van der Waals surface area contributed by atoms with Crippen molar-refractivity contribution in [3.63, 3.8) is 0 Å².